The van der Waals surface area contributed by atoms with Gasteiger partial charge in [0.1, 0.15) is 0 Å². The lowest BCUT2D eigenvalue weighted by atomic mass is 10.2. The molecule has 0 aliphatic rings. The lowest BCUT2D eigenvalue weighted by Crippen LogP contribution is -2.35. The van der Waals surface area contributed by atoms with Crippen LogP contribution in [0.2, 0.25) is 10.0 Å². The van der Waals surface area contributed by atoms with Crippen LogP contribution in [0, 0.1) is 13.8 Å². The van der Waals surface area contributed by atoms with E-state index in [0.717, 1.165) is 5.69 Å². The second kappa shape index (κ2) is 6.72. The predicted octanol–water partition coefficient (Wildman–Crippen LogP) is 3.36. The minimum atomic E-state index is -0.751. The molecule has 114 valence electrons. The Labute approximate surface area is 136 Å². The maximum atomic E-state index is 12.0. The van der Waals surface area contributed by atoms with E-state index in [0.29, 0.717) is 5.69 Å². The fourth-order valence-electron chi connectivity index (χ4n) is 1.63. The average molecular weight is 339 g/mol. The van der Waals surface area contributed by atoms with E-state index in [2.05, 4.69) is 20.6 Å². The molecule has 2 aromatic rings. The summed E-state index contributed by atoms with van der Waals surface area (Å²) in [5.74, 6) is -0.469. The molecule has 0 atom stereocenters. The second-order valence-electron chi connectivity index (χ2n) is 4.43. The van der Waals surface area contributed by atoms with E-state index in [9.17, 15) is 9.59 Å². The topological polar surface area (TPSA) is 84.0 Å². The summed E-state index contributed by atoms with van der Waals surface area (Å²) in [6.45, 7) is 3.56. The Hall–Kier alpha value is -2.18. The van der Waals surface area contributed by atoms with Crippen molar-refractivity contribution in [3.8, 4) is 0 Å². The first kappa shape index (κ1) is 16.2. The zero-order chi connectivity index (χ0) is 16.3. The molecule has 0 saturated heterocycles. The zero-order valence-corrected chi connectivity index (χ0v) is 13.3. The Bertz CT molecular complexity index is 729. The number of amides is 3. The number of nitrogens with zero attached hydrogens (tertiary/aromatic N) is 2. The number of halogens is 2. The first-order valence-corrected chi connectivity index (χ1v) is 7.00. The molecule has 0 aliphatic carbocycles. The van der Waals surface area contributed by atoms with Crippen LogP contribution < -0.4 is 10.6 Å². The average Bonchev–Trinajstić information content (AvgIpc) is 2.42. The number of carbonyl (C=O) groups excluding carboxylic acids is 2. The lowest BCUT2D eigenvalue weighted by Gasteiger charge is -2.09. The first-order chi connectivity index (χ1) is 10.4. The van der Waals surface area contributed by atoms with Crippen molar-refractivity contribution >= 4 is 41.0 Å². The maximum Gasteiger partial charge on any atom is 0.327 e. The summed E-state index contributed by atoms with van der Waals surface area (Å²) < 4.78 is 0. The van der Waals surface area contributed by atoms with Gasteiger partial charge >= 0.3 is 6.03 Å². The second-order valence-corrected chi connectivity index (χ2v) is 5.25. The smallest absolute Gasteiger partial charge is 0.291 e. The van der Waals surface area contributed by atoms with Crippen LogP contribution in [0.4, 0.5) is 10.6 Å². The molecule has 8 heteroatoms. The molecule has 0 unspecified atom stereocenters. The standard InChI is InChI=1S/C14H12Cl2N4O2/c1-7-8(2)18-11(6-17-7)19-14(22)20-13(21)12-9(15)4-3-5-10(12)16/h3-6H,1-2H3,(H2,18,19,20,21,22). The summed E-state index contributed by atoms with van der Waals surface area (Å²) >= 11 is 11.8. The third-order valence-corrected chi connectivity index (χ3v) is 3.48. The van der Waals surface area contributed by atoms with Crippen molar-refractivity contribution in [1.29, 1.82) is 0 Å². The molecule has 1 heterocycles. The van der Waals surface area contributed by atoms with Gasteiger partial charge in [0.2, 0.25) is 0 Å². The molecule has 2 N–H and O–H groups in total. The van der Waals surface area contributed by atoms with E-state index in [1.165, 1.54) is 18.3 Å². The summed E-state index contributed by atoms with van der Waals surface area (Å²) in [7, 11) is 0. The van der Waals surface area contributed by atoms with Gasteiger partial charge in [0.25, 0.3) is 5.91 Å². The molecule has 1 aromatic heterocycles. The number of hydrogen-bond donors (Lipinski definition) is 2. The van der Waals surface area contributed by atoms with E-state index < -0.39 is 11.9 Å². The van der Waals surface area contributed by atoms with Crippen molar-refractivity contribution in [1.82, 2.24) is 15.3 Å². The normalized spacial score (nSPS) is 10.2. The highest BCUT2D eigenvalue weighted by molar-refractivity contribution is 6.40. The van der Waals surface area contributed by atoms with E-state index in [-0.39, 0.29) is 21.4 Å². The molecular weight excluding hydrogens is 327 g/mol. The Balaban J connectivity index is 2.08. The molecular formula is C14H12Cl2N4O2. The fraction of sp³-hybridized carbons (Fsp3) is 0.143. The van der Waals surface area contributed by atoms with Gasteiger partial charge < -0.3 is 0 Å². The Kier molecular flexibility index (Phi) is 4.95. The number of imide groups is 1. The molecule has 6 nitrogen and oxygen atoms in total. The van der Waals surface area contributed by atoms with E-state index in [1.807, 2.05) is 0 Å². The van der Waals surface area contributed by atoms with Crippen LogP contribution in [-0.2, 0) is 0 Å². The zero-order valence-electron chi connectivity index (χ0n) is 11.8. The minimum absolute atomic E-state index is 0.0344. The molecule has 1 aromatic carbocycles. The number of urea groups is 1. The summed E-state index contributed by atoms with van der Waals surface area (Å²) in [5, 5.41) is 4.87. The summed E-state index contributed by atoms with van der Waals surface area (Å²) in [6, 6.07) is 3.87. The van der Waals surface area contributed by atoms with Gasteiger partial charge in [-0.3, -0.25) is 20.4 Å². The Morgan fingerprint density at radius 1 is 1.09 bits per heavy atom. The number of benzene rings is 1. The molecule has 0 saturated carbocycles. The van der Waals surface area contributed by atoms with Gasteiger partial charge in [0, 0.05) is 0 Å². The van der Waals surface area contributed by atoms with Crippen LogP contribution >= 0.6 is 23.2 Å². The van der Waals surface area contributed by atoms with E-state index in [1.54, 1.807) is 19.9 Å². The molecule has 0 aliphatic heterocycles. The molecule has 0 bridgehead atoms. The SMILES string of the molecule is Cc1ncc(NC(=O)NC(=O)c2c(Cl)cccc2Cl)nc1C. The highest BCUT2D eigenvalue weighted by atomic mass is 35.5. The lowest BCUT2D eigenvalue weighted by molar-refractivity contribution is 0.0967. The van der Waals surface area contributed by atoms with E-state index in [4.69, 9.17) is 23.2 Å². The number of carbonyl (C=O) groups is 2. The van der Waals surface area contributed by atoms with Crippen LogP contribution in [0.1, 0.15) is 21.7 Å². The van der Waals surface area contributed by atoms with Gasteiger partial charge in [0.05, 0.1) is 33.2 Å². The van der Waals surface area contributed by atoms with Crippen LogP contribution in [0.25, 0.3) is 0 Å². The quantitative estimate of drug-likeness (QED) is 0.879. The molecule has 2 rings (SSSR count). The Morgan fingerprint density at radius 2 is 1.73 bits per heavy atom. The number of rotatable bonds is 2. The summed E-state index contributed by atoms with van der Waals surface area (Å²) in [4.78, 5) is 32.0. The Morgan fingerprint density at radius 3 is 2.32 bits per heavy atom. The number of aryl methyl sites for hydroxylation is 2. The maximum absolute atomic E-state index is 12.0. The minimum Gasteiger partial charge on any atom is -0.291 e. The number of anilines is 1. The van der Waals surface area contributed by atoms with Gasteiger partial charge in [-0.25, -0.2) is 9.78 Å². The van der Waals surface area contributed by atoms with Crippen molar-refractivity contribution in [3.05, 3.63) is 51.4 Å². The largest absolute Gasteiger partial charge is 0.327 e. The van der Waals surface area contributed by atoms with Crippen molar-refractivity contribution < 1.29 is 9.59 Å². The van der Waals surface area contributed by atoms with Crippen molar-refractivity contribution in [2.75, 3.05) is 5.32 Å². The van der Waals surface area contributed by atoms with Crippen LogP contribution in [0.3, 0.4) is 0 Å². The molecule has 0 fully saturated rings. The third-order valence-electron chi connectivity index (χ3n) is 2.85. The number of hydrogen-bond acceptors (Lipinski definition) is 4. The third kappa shape index (κ3) is 3.72. The van der Waals surface area contributed by atoms with Crippen LogP contribution in [0.15, 0.2) is 24.4 Å². The first-order valence-electron chi connectivity index (χ1n) is 6.25. The predicted molar refractivity (Wildman–Crippen MR) is 84.5 cm³/mol. The fourth-order valence-corrected chi connectivity index (χ4v) is 2.20. The van der Waals surface area contributed by atoms with Gasteiger partial charge in [-0.15, -0.1) is 0 Å². The monoisotopic (exact) mass is 338 g/mol. The number of aromatic nitrogens is 2. The molecule has 3 amide bonds. The van der Waals surface area contributed by atoms with Gasteiger partial charge in [-0.05, 0) is 26.0 Å². The highest BCUT2D eigenvalue weighted by Crippen LogP contribution is 2.23. The van der Waals surface area contributed by atoms with Gasteiger partial charge in [0.15, 0.2) is 5.82 Å². The van der Waals surface area contributed by atoms with E-state index >= 15 is 0 Å². The van der Waals surface area contributed by atoms with Crippen molar-refractivity contribution in [2.45, 2.75) is 13.8 Å². The highest BCUT2D eigenvalue weighted by Gasteiger charge is 2.17. The summed E-state index contributed by atoms with van der Waals surface area (Å²) in [6.07, 6.45) is 1.40. The number of nitrogens with one attached hydrogen (secondary N) is 2. The molecule has 0 radical (unpaired) electrons. The van der Waals surface area contributed by atoms with Crippen LogP contribution in [0.5, 0.6) is 0 Å². The van der Waals surface area contributed by atoms with Crippen molar-refractivity contribution in [2.24, 2.45) is 0 Å². The molecule has 0 spiro atoms. The molecule has 22 heavy (non-hydrogen) atoms. The summed E-state index contributed by atoms with van der Waals surface area (Å²) in [5.41, 5.74) is 1.47. The van der Waals surface area contributed by atoms with Crippen molar-refractivity contribution in [3.63, 3.8) is 0 Å². The van der Waals surface area contributed by atoms with Gasteiger partial charge in [-0.1, -0.05) is 29.3 Å². The van der Waals surface area contributed by atoms with Gasteiger partial charge in [-0.2, -0.15) is 0 Å². The van der Waals surface area contributed by atoms with Crippen LogP contribution in [-0.4, -0.2) is 21.9 Å².